The van der Waals surface area contributed by atoms with E-state index in [-0.39, 0.29) is 22.7 Å². The third kappa shape index (κ3) is 4.87. The number of anilines is 1. The highest BCUT2D eigenvalue weighted by Crippen LogP contribution is 2.19. The first kappa shape index (κ1) is 20.5. The molecule has 0 aliphatic rings. The Morgan fingerprint density at radius 3 is 2.45 bits per heavy atom. The smallest absolute Gasteiger partial charge is 0.256 e. The minimum Gasteiger partial charge on any atom is -0.319 e. The van der Waals surface area contributed by atoms with Crippen LogP contribution >= 0.6 is 11.6 Å². The largest absolute Gasteiger partial charge is 0.319 e. The number of carbonyl (C=O) groups is 2. The lowest BCUT2D eigenvalue weighted by Gasteiger charge is -2.09. The fourth-order valence-electron chi connectivity index (χ4n) is 3.17. The predicted octanol–water partition coefficient (Wildman–Crippen LogP) is 5.21. The van der Waals surface area contributed by atoms with Crippen molar-refractivity contribution in [2.75, 3.05) is 5.32 Å². The van der Waals surface area contributed by atoms with Crippen molar-refractivity contribution in [2.45, 2.75) is 6.54 Å². The Morgan fingerprint density at radius 2 is 1.71 bits per heavy atom. The number of halogens is 2. The molecule has 0 saturated carbocycles. The van der Waals surface area contributed by atoms with Crippen molar-refractivity contribution < 1.29 is 14.0 Å². The number of hydrogen-bond donors (Lipinski definition) is 1. The molecule has 1 heterocycles. The van der Waals surface area contributed by atoms with Crippen LogP contribution in [0.15, 0.2) is 85.2 Å². The molecule has 0 spiro atoms. The molecule has 0 atom stereocenters. The van der Waals surface area contributed by atoms with Crippen LogP contribution in [0.4, 0.5) is 10.1 Å². The summed E-state index contributed by atoms with van der Waals surface area (Å²) < 4.78 is 15.0. The first-order valence-corrected chi connectivity index (χ1v) is 9.85. The number of benzene rings is 3. The monoisotopic (exact) mass is 433 g/mol. The summed E-state index contributed by atoms with van der Waals surface area (Å²) in [6, 6.07) is 19.3. The fraction of sp³-hybridized carbons (Fsp3) is 0.0417. The van der Waals surface area contributed by atoms with Crippen molar-refractivity contribution in [1.82, 2.24) is 9.78 Å². The van der Waals surface area contributed by atoms with Gasteiger partial charge in [-0.05, 0) is 48.0 Å². The van der Waals surface area contributed by atoms with Crippen molar-refractivity contribution in [3.8, 4) is 0 Å². The van der Waals surface area contributed by atoms with Gasteiger partial charge in [-0.1, -0.05) is 41.9 Å². The molecule has 0 aliphatic carbocycles. The molecule has 0 radical (unpaired) electrons. The zero-order valence-corrected chi connectivity index (χ0v) is 17.0. The van der Waals surface area contributed by atoms with Crippen LogP contribution < -0.4 is 5.32 Å². The summed E-state index contributed by atoms with van der Waals surface area (Å²) in [5, 5.41) is 7.49. The lowest BCUT2D eigenvalue weighted by molar-refractivity contribution is 0.0996. The molecular weight excluding hydrogens is 417 g/mol. The highest BCUT2D eigenvalue weighted by atomic mass is 35.5. The lowest BCUT2D eigenvalue weighted by atomic mass is 9.98. The van der Waals surface area contributed by atoms with Crippen molar-refractivity contribution >= 4 is 29.0 Å². The minimum atomic E-state index is -0.428. The van der Waals surface area contributed by atoms with Crippen LogP contribution in [0.25, 0.3) is 0 Å². The maximum atomic E-state index is 13.4. The highest BCUT2D eigenvalue weighted by Gasteiger charge is 2.18. The van der Waals surface area contributed by atoms with E-state index in [1.54, 1.807) is 71.5 Å². The normalized spacial score (nSPS) is 10.6. The van der Waals surface area contributed by atoms with E-state index in [0.29, 0.717) is 22.8 Å². The number of carbonyl (C=O) groups excluding carboxylic acids is 2. The zero-order chi connectivity index (χ0) is 21.8. The van der Waals surface area contributed by atoms with Crippen LogP contribution in [-0.4, -0.2) is 21.5 Å². The summed E-state index contributed by atoms with van der Waals surface area (Å²) in [5.41, 5.74) is 2.19. The summed E-state index contributed by atoms with van der Waals surface area (Å²) in [4.78, 5) is 25.8. The molecule has 0 aliphatic heterocycles. The zero-order valence-electron chi connectivity index (χ0n) is 16.3. The van der Waals surface area contributed by atoms with Gasteiger partial charge in [-0.15, -0.1) is 0 Å². The summed E-state index contributed by atoms with van der Waals surface area (Å²) in [6.45, 7) is 0.360. The van der Waals surface area contributed by atoms with E-state index in [4.69, 9.17) is 11.6 Å². The fourth-order valence-corrected chi connectivity index (χ4v) is 3.30. The Kier molecular flexibility index (Phi) is 5.91. The highest BCUT2D eigenvalue weighted by molar-refractivity contribution is 6.30. The van der Waals surface area contributed by atoms with E-state index in [9.17, 15) is 14.0 Å². The number of hydrogen-bond acceptors (Lipinski definition) is 3. The molecule has 31 heavy (non-hydrogen) atoms. The second-order valence-electron chi connectivity index (χ2n) is 6.89. The van der Waals surface area contributed by atoms with Crippen LogP contribution in [-0.2, 0) is 6.54 Å². The minimum absolute atomic E-state index is 0.250. The van der Waals surface area contributed by atoms with E-state index in [1.165, 1.54) is 18.3 Å². The molecule has 1 N–H and O–H groups in total. The summed E-state index contributed by atoms with van der Waals surface area (Å²) in [7, 11) is 0. The van der Waals surface area contributed by atoms with Gasteiger partial charge < -0.3 is 5.32 Å². The molecule has 5 nitrogen and oxygen atoms in total. The Bertz CT molecular complexity index is 1250. The maximum Gasteiger partial charge on any atom is 0.256 e. The number of amides is 1. The van der Waals surface area contributed by atoms with Gasteiger partial charge in [0.15, 0.2) is 5.78 Å². The number of rotatable bonds is 6. The van der Waals surface area contributed by atoms with E-state index in [0.717, 1.165) is 5.56 Å². The molecule has 4 aromatic rings. The molecule has 3 aromatic carbocycles. The maximum absolute atomic E-state index is 13.4. The van der Waals surface area contributed by atoms with Crippen molar-refractivity contribution in [2.24, 2.45) is 0 Å². The van der Waals surface area contributed by atoms with Gasteiger partial charge in [0.1, 0.15) is 5.82 Å². The average molecular weight is 434 g/mol. The van der Waals surface area contributed by atoms with Gasteiger partial charge in [-0.25, -0.2) is 4.39 Å². The molecule has 154 valence electrons. The second-order valence-corrected chi connectivity index (χ2v) is 7.33. The number of nitrogens with one attached hydrogen (secondary N) is 1. The Labute approximate surface area is 183 Å². The molecule has 1 amide bonds. The summed E-state index contributed by atoms with van der Waals surface area (Å²) in [6.07, 6.45) is 3.15. The molecule has 7 heteroatoms. The van der Waals surface area contributed by atoms with Gasteiger partial charge in [0.05, 0.1) is 24.0 Å². The SMILES string of the molecule is O=C(Nc1cnn(Cc2cccc(F)c2)c1)c1ccccc1C(=O)c1ccc(Cl)cc1. The van der Waals surface area contributed by atoms with Crippen molar-refractivity contribution in [3.63, 3.8) is 0 Å². The van der Waals surface area contributed by atoms with Crippen LogP contribution in [0.2, 0.25) is 5.02 Å². The first-order valence-electron chi connectivity index (χ1n) is 9.47. The summed E-state index contributed by atoms with van der Waals surface area (Å²) in [5.74, 6) is -1.02. The Morgan fingerprint density at radius 1 is 0.968 bits per heavy atom. The van der Waals surface area contributed by atoms with E-state index in [1.807, 2.05) is 0 Å². The summed E-state index contributed by atoms with van der Waals surface area (Å²) >= 11 is 5.89. The molecule has 0 fully saturated rings. The van der Waals surface area contributed by atoms with Crippen molar-refractivity contribution in [3.05, 3.63) is 118 Å². The molecule has 0 bridgehead atoms. The Balaban J connectivity index is 1.51. The third-order valence-corrected chi connectivity index (χ3v) is 4.90. The standard InChI is InChI=1S/C24H17ClFN3O2/c25-18-10-8-17(9-11-18)23(30)21-6-1-2-7-22(21)24(31)28-20-13-27-29(15-20)14-16-4-3-5-19(26)12-16/h1-13,15H,14H2,(H,28,31). The van der Waals surface area contributed by atoms with Gasteiger partial charge in [0.25, 0.3) is 5.91 Å². The van der Waals surface area contributed by atoms with E-state index >= 15 is 0 Å². The quantitative estimate of drug-likeness (QED) is 0.425. The van der Waals surface area contributed by atoms with E-state index in [2.05, 4.69) is 10.4 Å². The second kappa shape index (κ2) is 8.93. The van der Waals surface area contributed by atoms with Gasteiger partial charge >= 0.3 is 0 Å². The number of nitrogens with zero attached hydrogens (tertiary/aromatic N) is 2. The number of ketones is 1. The van der Waals surface area contributed by atoms with Gasteiger partial charge in [-0.3, -0.25) is 14.3 Å². The topological polar surface area (TPSA) is 64.0 Å². The van der Waals surface area contributed by atoms with Crippen LogP contribution in [0.1, 0.15) is 31.8 Å². The van der Waals surface area contributed by atoms with E-state index < -0.39 is 5.91 Å². The molecular formula is C24H17ClFN3O2. The lowest BCUT2D eigenvalue weighted by Crippen LogP contribution is -2.16. The average Bonchev–Trinajstić information content (AvgIpc) is 3.20. The van der Waals surface area contributed by atoms with Crippen LogP contribution in [0, 0.1) is 5.82 Å². The Hall–Kier alpha value is -3.77. The molecule has 0 unspecified atom stereocenters. The van der Waals surface area contributed by atoms with Gasteiger partial charge in [0.2, 0.25) is 0 Å². The molecule has 4 rings (SSSR count). The molecule has 0 saturated heterocycles. The van der Waals surface area contributed by atoms with Crippen LogP contribution in [0.5, 0.6) is 0 Å². The first-order chi connectivity index (χ1) is 15.0. The number of aromatic nitrogens is 2. The van der Waals surface area contributed by atoms with Crippen molar-refractivity contribution in [1.29, 1.82) is 0 Å². The third-order valence-electron chi connectivity index (χ3n) is 4.65. The van der Waals surface area contributed by atoms with Crippen LogP contribution in [0.3, 0.4) is 0 Å². The van der Waals surface area contributed by atoms with Gasteiger partial charge in [0, 0.05) is 22.3 Å². The van der Waals surface area contributed by atoms with Gasteiger partial charge in [-0.2, -0.15) is 5.10 Å². The predicted molar refractivity (Wildman–Crippen MR) is 117 cm³/mol. The molecule has 1 aromatic heterocycles.